The third kappa shape index (κ3) is 5.16. The number of hydrogen-bond donors (Lipinski definition) is 1. The molecule has 1 N–H and O–H groups in total. The Morgan fingerprint density at radius 1 is 1.07 bits per heavy atom. The van der Waals surface area contributed by atoms with E-state index < -0.39 is 0 Å². The van der Waals surface area contributed by atoms with Gasteiger partial charge in [-0.05, 0) is 30.3 Å². The molecule has 0 saturated carbocycles. The Balaban J connectivity index is 1.19. The van der Waals surface area contributed by atoms with Gasteiger partial charge in [0.05, 0.1) is 21.8 Å². The molecule has 6 nitrogen and oxygen atoms in total. The van der Waals surface area contributed by atoms with Crippen LogP contribution in [0, 0.1) is 0 Å². The van der Waals surface area contributed by atoms with Crippen molar-refractivity contribution < 1.29 is 9.59 Å². The molecule has 30 heavy (non-hydrogen) atoms. The second-order valence-corrected chi connectivity index (χ2v) is 8.81. The number of piperazine rings is 1. The van der Waals surface area contributed by atoms with E-state index >= 15 is 0 Å². The van der Waals surface area contributed by atoms with Gasteiger partial charge in [0.1, 0.15) is 0 Å². The molecule has 1 aliphatic rings. The number of benzene rings is 2. The topological polar surface area (TPSA) is 65.5 Å². The fourth-order valence-electron chi connectivity index (χ4n) is 3.51. The maximum Gasteiger partial charge on any atom is 0.253 e. The average Bonchev–Trinajstić information content (AvgIpc) is 3.16. The van der Waals surface area contributed by atoms with Crippen molar-refractivity contribution in [2.24, 2.45) is 0 Å². The molecule has 2 heterocycles. The van der Waals surface area contributed by atoms with E-state index in [2.05, 4.69) is 21.3 Å². The third-order valence-corrected chi connectivity index (χ3v) is 6.43. The average molecular weight is 443 g/mol. The summed E-state index contributed by atoms with van der Waals surface area (Å²) in [6, 6.07) is 15.1. The summed E-state index contributed by atoms with van der Waals surface area (Å²) in [5.74, 6) is -0.0110. The number of amides is 2. The molecule has 2 aromatic carbocycles. The van der Waals surface area contributed by atoms with Gasteiger partial charge in [0, 0.05) is 49.7 Å². The van der Waals surface area contributed by atoms with Crippen molar-refractivity contribution in [1.82, 2.24) is 20.1 Å². The van der Waals surface area contributed by atoms with Gasteiger partial charge in [-0.2, -0.15) is 0 Å². The Hall–Kier alpha value is -2.48. The van der Waals surface area contributed by atoms with Gasteiger partial charge in [-0.3, -0.25) is 14.5 Å². The predicted octanol–water partition coefficient (Wildman–Crippen LogP) is 3.07. The van der Waals surface area contributed by atoms with Crippen LogP contribution in [0.5, 0.6) is 0 Å². The van der Waals surface area contributed by atoms with Crippen molar-refractivity contribution in [3.63, 3.8) is 0 Å². The molecule has 8 heteroatoms. The highest BCUT2D eigenvalue weighted by atomic mass is 35.5. The second-order valence-electron chi connectivity index (χ2n) is 7.25. The normalized spacial score (nSPS) is 14.8. The van der Waals surface area contributed by atoms with Gasteiger partial charge >= 0.3 is 0 Å². The maximum atomic E-state index is 12.6. The molecule has 1 aromatic heterocycles. The first kappa shape index (κ1) is 20.8. The lowest BCUT2D eigenvalue weighted by Gasteiger charge is -2.34. The highest BCUT2D eigenvalue weighted by molar-refractivity contribution is 7.18. The molecule has 1 aliphatic heterocycles. The lowest BCUT2D eigenvalue weighted by molar-refractivity contribution is -0.122. The van der Waals surface area contributed by atoms with Crippen LogP contribution in [0.25, 0.3) is 10.2 Å². The van der Waals surface area contributed by atoms with Crippen molar-refractivity contribution in [2.45, 2.75) is 6.42 Å². The predicted molar refractivity (Wildman–Crippen MR) is 120 cm³/mol. The number of hydrogen-bond acceptors (Lipinski definition) is 5. The number of halogens is 1. The van der Waals surface area contributed by atoms with E-state index in [1.807, 2.05) is 23.1 Å². The highest BCUT2D eigenvalue weighted by Crippen LogP contribution is 2.21. The lowest BCUT2D eigenvalue weighted by Crippen LogP contribution is -2.51. The summed E-state index contributed by atoms with van der Waals surface area (Å²) in [5.41, 5.74) is 1.61. The number of fused-ring (bicyclic) bond motifs is 1. The van der Waals surface area contributed by atoms with Crippen LogP contribution in [0.15, 0.2) is 48.5 Å². The zero-order valence-corrected chi connectivity index (χ0v) is 18.1. The van der Waals surface area contributed by atoms with Gasteiger partial charge in [0.15, 0.2) is 0 Å². The number of rotatable bonds is 6. The molecule has 2 amide bonds. The summed E-state index contributed by atoms with van der Waals surface area (Å²) < 4.78 is 1.17. The van der Waals surface area contributed by atoms with Crippen LogP contribution in [0.3, 0.4) is 0 Å². The summed E-state index contributed by atoms with van der Waals surface area (Å²) in [7, 11) is 0. The van der Waals surface area contributed by atoms with Crippen molar-refractivity contribution in [3.05, 3.63) is 64.1 Å². The van der Waals surface area contributed by atoms with Gasteiger partial charge in [-0.1, -0.05) is 29.8 Å². The fourth-order valence-corrected chi connectivity index (χ4v) is 4.66. The zero-order chi connectivity index (χ0) is 20.9. The van der Waals surface area contributed by atoms with Crippen molar-refractivity contribution in [3.8, 4) is 0 Å². The van der Waals surface area contributed by atoms with E-state index in [9.17, 15) is 9.59 Å². The molecule has 156 valence electrons. The first-order valence-electron chi connectivity index (χ1n) is 9.97. The Morgan fingerprint density at radius 3 is 2.63 bits per heavy atom. The number of nitrogens with zero attached hydrogens (tertiary/aromatic N) is 3. The molecular formula is C22H23ClN4O2S. The van der Waals surface area contributed by atoms with Gasteiger partial charge in [0.2, 0.25) is 5.91 Å². The first-order valence-corrected chi connectivity index (χ1v) is 11.2. The molecule has 1 fully saturated rings. The Labute approximate surface area is 184 Å². The monoisotopic (exact) mass is 442 g/mol. The second kappa shape index (κ2) is 9.55. The van der Waals surface area contributed by atoms with E-state index in [4.69, 9.17) is 11.6 Å². The van der Waals surface area contributed by atoms with Crippen molar-refractivity contribution >= 4 is 45.0 Å². The van der Waals surface area contributed by atoms with Crippen molar-refractivity contribution in [2.75, 3.05) is 39.3 Å². The summed E-state index contributed by atoms with van der Waals surface area (Å²) in [5, 5.41) is 4.57. The van der Waals surface area contributed by atoms with Gasteiger partial charge < -0.3 is 10.2 Å². The molecule has 0 spiro atoms. The number of carbonyl (C=O) groups excluding carboxylic acids is 2. The minimum atomic E-state index is -0.0163. The summed E-state index contributed by atoms with van der Waals surface area (Å²) in [6.45, 7) is 3.48. The van der Waals surface area contributed by atoms with E-state index in [0.29, 0.717) is 49.9 Å². The van der Waals surface area contributed by atoms with Gasteiger partial charge in [-0.15, -0.1) is 11.3 Å². The highest BCUT2D eigenvalue weighted by Gasteiger charge is 2.23. The Bertz CT molecular complexity index is 1010. The molecule has 0 aliphatic carbocycles. The van der Waals surface area contributed by atoms with Crippen LogP contribution in [0.1, 0.15) is 15.4 Å². The van der Waals surface area contributed by atoms with Gasteiger partial charge in [-0.25, -0.2) is 4.98 Å². The number of para-hydroxylation sites is 1. The van der Waals surface area contributed by atoms with Gasteiger partial charge in [0.25, 0.3) is 5.91 Å². The molecule has 0 bridgehead atoms. The summed E-state index contributed by atoms with van der Waals surface area (Å²) in [6.07, 6.45) is 0.729. The van der Waals surface area contributed by atoms with E-state index in [-0.39, 0.29) is 11.8 Å². The largest absolute Gasteiger partial charge is 0.355 e. The standard InChI is InChI=1S/C22H23ClN4O2S/c23-17-5-3-4-16(14-17)22(29)27-12-10-26(11-13-27)15-20(28)24-9-8-21-25-18-6-1-2-7-19(18)30-21/h1-7,14H,8-13,15H2,(H,24,28). The quantitative estimate of drug-likeness (QED) is 0.637. The zero-order valence-electron chi connectivity index (χ0n) is 16.5. The summed E-state index contributed by atoms with van der Waals surface area (Å²) in [4.78, 5) is 33.4. The molecule has 0 radical (unpaired) electrons. The van der Waals surface area contributed by atoms with Crippen LogP contribution in [-0.2, 0) is 11.2 Å². The van der Waals surface area contributed by atoms with E-state index in [0.717, 1.165) is 16.9 Å². The molecular weight excluding hydrogens is 420 g/mol. The Morgan fingerprint density at radius 2 is 1.87 bits per heavy atom. The molecule has 0 unspecified atom stereocenters. The first-order chi connectivity index (χ1) is 14.6. The van der Waals surface area contributed by atoms with Crippen LogP contribution in [0.4, 0.5) is 0 Å². The number of nitrogens with one attached hydrogen (secondary N) is 1. The van der Waals surface area contributed by atoms with E-state index in [1.54, 1.807) is 35.6 Å². The molecule has 3 aromatic rings. The van der Waals surface area contributed by atoms with Crippen LogP contribution < -0.4 is 5.32 Å². The van der Waals surface area contributed by atoms with Crippen LogP contribution in [-0.4, -0.2) is 65.9 Å². The maximum absolute atomic E-state index is 12.6. The third-order valence-electron chi connectivity index (χ3n) is 5.10. The SMILES string of the molecule is O=C(CN1CCN(C(=O)c2cccc(Cl)c2)CC1)NCCc1nc2ccccc2s1. The molecule has 0 atom stereocenters. The molecule has 1 saturated heterocycles. The smallest absolute Gasteiger partial charge is 0.253 e. The number of thiazole rings is 1. The minimum Gasteiger partial charge on any atom is -0.355 e. The van der Waals surface area contributed by atoms with Crippen LogP contribution >= 0.6 is 22.9 Å². The van der Waals surface area contributed by atoms with Crippen molar-refractivity contribution in [1.29, 1.82) is 0 Å². The summed E-state index contributed by atoms with van der Waals surface area (Å²) >= 11 is 7.65. The number of aromatic nitrogens is 1. The van der Waals surface area contributed by atoms with E-state index in [1.165, 1.54) is 4.70 Å². The minimum absolute atomic E-state index is 0.00530. The number of carbonyl (C=O) groups is 2. The molecule has 4 rings (SSSR count). The van der Waals surface area contributed by atoms with Crippen LogP contribution in [0.2, 0.25) is 5.02 Å². The Kier molecular flexibility index (Phi) is 6.62. The lowest BCUT2D eigenvalue weighted by atomic mass is 10.2. The fraction of sp³-hybridized carbons (Fsp3) is 0.318.